The maximum Gasteiger partial charge on any atom is 0.0495 e. The quantitative estimate of drug-likeness (QED) is 0.624. The summed E-state index contributed by atoms with van der Waals surface area (Å²) in [7, 11) is 0. The van der Waals surface area contributed by atoms with Gasteiger partial charge in [0.2, 0.25) is 0 Å². The lowest BCUT2D eigenvalue weighted by Gasteiger charge is -2.02. The average Bonchev–Trinajstić information content (AvgIpc) is 1.85. The first-order valence-corrected chi connectivity index (χ1v) is 3.99. The second-order valence-electron chi connectivity index (χ2n) is 2.32. The highest BCUT2D eigenvalue weighted by atomic mass is 35.5. The molecule has 0 atom stereocenters. The first-order chi connectivity index (χ1) is 5.15. The first kappa shape index (κ1) is 8.63. The molecule has 0 aromatic heterocycles. The van der Waals surface area contributed by atoms with E-state index in [1.165, 1.54) is 0 Å². The highest BCUT2D eigenvalue weighted by molar-refractivity contribution is 6.35. The summed E-state index contributed by atoms with van der Waals surface area (Å²) < 4.78 is 0. The van der Waals surface area contributed by atoms with Crippen LogP contribution >= 0.6 is 23.2 Å². The molecule has 1 aromatic rings. The fraction of sp³-hybridized carbons (Fsp3) is 0.111. The van der Waals surface area contributed by atoms with Crippen molar-refractivity contribution < 1.29 is 0 Å². The van der Waals surface area contributed by atoms with Gasteiger partial charge >= 0.3 is 0 Å². The van der Waals surface area contributed by atoms with Gasteiger partial charge in [-0.25, -0.2) is 0 Å². The van der Waals surface area contributed by atoms with Gasteiger partial charge in [-0.3, -0.25) is 0 Å². The van der Waals surface area contributed by atoms with E-state index in [4.69, 9.17) is 23.2 Å². The predicted octanol–water partition coefficient (Wildman–Crippen LogP) is 3.94. The van der Waals surface area contributed by atoms with Gasteiger partial charge in [-0.15, -0.1) is 0 Å². The molecule has 0 heterocycles. The van der Waals surface area contributed by atoms with E-state index in [2.05, 4.69) is 6.58 Å². The second kappa shape index (κ2) is 3.29. The number of hydrogen-bond donors (Lipinski definition) is 0. The molecular formula is C9H8Cl2. The molecule has 2 heteroatoms. The number of hydrogen-bond acceptors (Lipinski definition) is 0. The summed E-state index contributed by atoms with van der Waals surface area (Å²) in [5.74, 6) is 0. The van der Waals surface area contributed by atoms with Crippen LogP contribution in [0.25, 0.3) is 6.08 Å². The van der Waals surface area contributed by atoms with E-state index < -0.39 is 0 Å². The van der Waals surface area contributed by atoms with Crippen molar-refractivity contribution in [3.8, 4) is 0 Å². The molecule has 11 heavy (non-hydrogen) atoms. The molecule has 0 aliphatic carbocycles. The van der Waals surface area contributed by atoms with E-state index in [0.717, 1.165) is 11.1 Å². The summed E-state index contributed by atoms with van der Waals surface area (Å²) >= 11 is 11.6. The Morgan fingerprint density at radius 2 is 2.00 bits per heavy atom. The smallest absolute Gasteiger partial charge is 0.0495 e. The highest BCUT2D eigenvalue weighted by Gasteiger charge is 2.01. The van der Waals surface area contributed by atoms with E-state index in [9.17, 15) is 0 Å². The minimum atomic E-state index is 0.657. The van der Waals surface area contributed by atoms with Crippen molar-refractivity contribution in [2.75, 3.05) is 0 Å². The monoisotopic (exact) mass is 186 g/mol. The van der Waals surface area contributed by atoms with Gasteiger partial charge in [0.25, 0.3) is 0 Å². The molecule has 0 saturated carbocycles. The van der Waals surface area contributed by atoms with Gasteiger partial charge in [-0.1, -0.05) is 35.9 Å². The fourth-order valence-electron chi connectivity index (χ4n) is 0.972. The van der Waals surface area contributed by atoms with Crippen LogP contribution in [-0.4, -0.2) is 0 Å². The zero-order valence-corrected chi connectivity index (χ0v) is 7.71. The highest BCUT2D eigenvalue weighted by Crippen LogP contribution is 2.25. The molecule has 0 saturated heterocycles. The molecule has 0 N–H and O–H groups in total. The number of halogens is 2. The van der Waals surface area contributed by atoms with Gasteiger partial charge < -0.3 is 0 Å². The van der Waals surface area contributed by atoms with Gasteiger partial charge in [0, 0.05) is 10.0 Å². The third kappa shape index (κ3) is 1.76. The molecule has 0 aliphatic heterocycles. The lowest BCUT2D eigenvalue weighted by molar-refractivity contribution is 1.44. The molecule has 1 aromatic carbocycles. The predicted molar refractivity (Wildman–Crippen MR) is 51.3 cm³/mol. The number of rotatable bonds is 1. The van der Waals surface area contributed by atoms with Crippen molar-refractivity contribution in [2.24, 2.45) is 0 Å². The van der Waals surface area contributed by atoms with Gasteiger partial charge in [0.15, 0.2) is 0 Å². The van der Waals surface area contributed by atoms with Crippen LogP contribution in [0.2, 0.25) is 10.0 Å². The fourth-order valence-corrected chi connectivity index (χ4v) is 1.64. The molecule has 1 rings (SSSR count). The van der Waals surface area contributed by atoms with Crippen LogP contribution in [0.3, 0.4) is 0 Å². The topological polar surface area (TPSA) is 0 Å². The van der Waals surface area contributed by atoms with Crippen LogP contribution in [0.1, 0.15) is 11.1 Å². The minimum absolute atomic E-state index is 0.657. The average molecular weight is 187 g/mol. The summed E-state index contributed by atoms with van der Waals surface area (Å²) in [6.45, 7) is 5.61. The van der Waals surface area contributed by atoms with E-state index in [0.29, 0.717) is 10.0 Å². The Morgan fingerprint density at radius 1 is 1.36 bits per heavy atom. The Bertz CT molecular complexity index is 267. The van der Waals surface area contributed by atoms with Crippen LogP contribution in [0.15, 0.2) is 18.7 Å². The molecule has 0 unspecified atom stereocenters. The Morgan fingerprint density at radius 3 is 2.45 bits per heavy atom. The van der Waals surface area contributed by atoms with Crippen molar-refractivity contribution in [2.45, 2.75) is 6.92 Å². The summed E-state index contributed by atoms with van der Waals surface area (Å²) in [6, 6.07) is 3.58. The lowest BCUT2D eigenvalue weighted by Crippen LogP contribution is -1.81. The van der Waals surface area contributed by atoms with Gasteiger partial charge in [0.1, 0.15) is 0 Å². The normalized spacial score (nSPS) is 9.73. The van der Waals surface area contributed by atoms with Crippen molar-refractivity contribution in [1.29, 1.82) is 0 Å². The summed E-state index contributed by atoms with van der Waals surface area (Å²) in [5.41, 5.74) is 2.01. The van der Waals surface area contributed by atoms with Crippen molar-refractivity contribution >= 4 is 29.3 Å². The third-order valence-corrected chi connectivity index (χ3v) is 2.04. The molecule has 0 aliphatic rings. The molecule has 0 nitrogen and oxygen atoms in total. The summed E-state index contributed by atoms with van der Waals surface area (Å²) in [4.78, 5) is 0. The molecular weight excluding hydrogens is 179 g/mol. The second-order valence-corrected chi connectivity index (χ2v) is 3.17. The van der Waals surface area contributed by atoms with Crippen LogP contribution in [0.4, 0.5) is 0 Å². The third-order valence-electron chi connectivity index (χ3n) is 1.51. The number of benzene rings is 1. The number of aryl methyl sites for hydroxylation is 1. The molecule has 0 amide bonds. The Kier molecular flexibility index (Phi) is 2.58. The SMILES string of the molecule is C=Cc1c(C)cc(Cl)cc1Cl. The van der Waals surface area contributed by atoms with Gasteiger partial charge in [-0.2, -0.15) is 0 Å². The Balaban J connectivity index is 3.36. The maximum atomic E-state index is 5.88. The molecule has 0 fully saturated rings. The standard InChI is InChI=1S/C9H8Cl2/c1-3-8-6(2)4-7(10)5-9(8)11/h3-5H,1H2,2H3. The van der Waals surface area contributed by atoms with E-state index in [1.54, 1.807) is 12.1 Å². The molecule has 0 radical (unpaired) electrons. The Hall–Kier alpha value is -0.460. The molecule has 58 valence electrons. The maximum absolute atomic E-state index is 5.88. The largest absolute Gasteiger partial charge is 0.0984 e. The van der Waals surface area contributed by atoms with Crippen LogP contribution in [-0.2, 0) is 0 Å². The zero-order valence-electron chi connectivity index (χ0n) is 6.20. The summed E-state index contributed by atoms with van der Waals surface area (Å²) in [5, 5.41) is 1.32. The van der Waals surface area contributed by atoms with Crippen molar-refractivity contribution in [3.05, 3.63) is 39.9 Å². The van der Waals surface area contributed by atoms with Crippen molar-refractivity contribution in [1.82, 2.24) is 0 Å². The van der Waals surface area contributed by atoms with E-state index in [-0.39, 0.29) is 0 Å². The van der Waals surface area contributed by atoms with E-state index in [1.807, 2.05) is 13.0 Å². The minimum Gasteiger partial charge on any atom is -0.0984 e. The Labute approximate surface area is 76.4 Å². The zero-order chi connectivity index (χ0) is 8.43. The molecule has 0 spiro atoms. The van der Waals surface area contributed by atoms with Crippen LogP contribution in [0, 0.1) is 6.92 Å². The first-order valence-electron chi connectivity index (χ1n) is 3.23. The van der Waals surface area contributed by atoms with Gasteiger partial charge in [-0.05, 0) is 30.2 Å². The van der Waals surface area contributed by atoms with E-state index >= 15 is 0 Å². The summed E-state index contributed by atoms with van der Waals surface area (Å²) in [6.07, 6.45) is 1.73. The van der Waals surface area contributed by atoms with Crippen LogP contribution < -0.4 is 0 Å². The van der Waals surface area contributed by atoms with Crippen molar-refractivity contribution in [3.63, 3.8) is 0 Å². The van der Waals surface area contributed by atoms with Crippen LogP contribution in [0.5, 0.6) is 0 Å². The molecule has 0 bridgehead atoms. The lowest BCUT2D eigenvalue weighted by atomic mass is 10.1. The van der Waals surface area contributed by atoms with Gasteiger partial charge in [0.05, 0.1) is 0 Å².